The second kappa shape index (κ2) is 7.61. The third-order valence-corrected chi connectivity index (χ3v) is 4.60. The summed E-state index contributed by atoms with van der Waals surface area (Å²) in [7, 11) is 0. The molecule has 10 heteroatoms. The van der Waals surface area contributed by atoms with Crippen molar-refractivity contribution in [3.05, 3.63) is 58.5 Å². The molecule has 0 saturated heterocycles. The molecule has 2 aromatic rings. The zero-order valence-electron chi connectivity index (χ0n) is 15.9. The van der Waals surface area contributed by atoms with Crippen LogP contribution < -0.4 is 10.6 Å². The monoisotopic (exact) mass is 408 g/mol. The van der Waals surface area contributed by atoms with E-state index in [0.29, 0.717) is 5.76 Å². The summed E-state index contributed by atoms with van der Waals surface area (Å²) in [5.41, 5.74) is -0.893. The normalized spacial score (nSPS) is 17.4. The summed E-state index contributed by atoms with van der Waals surface area (Å²) in [6.45, 7) is 5.10. The molecule has 3 amide bonds. The second-order valence-corrected chi connectivity index (χ2v) is 6.49. The largest absolute Gasteiger partial charge is 0.416 e. The molecule has 154 valence electrons. The molecule has 0 unspecified atom stereocenters. The Balaban J connectivity index is 2.11. The van der Waals surface area contributed by atoms with Crippen molar-refractivity contribution in [1.82, 2.24) is 15.4 Å². The van der Waals surface area contributed by atoms with Gasteiger partial charge in [0, 0.05) is 18.3 Å². The van der Waals surface area contributed by atoms with Crippen LogP contribution in [0.5, 0.6) is 0 Å². The summed E-state index contributed by atoms with van der Waals surface area (Å²) in [5.74, 6) is -0.107. The van der Waals surface area contributed by atoms with Gasteiger partial charge in [0.25, 0.3) is 5.91 Å². The van der Waals surface area contributed by atoms with E-state index in [9.17, 15) is 22.8 Å². The van der Waals surface area contributed by atoms with Crippen molar-refractivity contribution >= 4 is 17.8 Å². The molecule has 2 N–H and O–H groups in total. The predicted octanol–water partition coefficient (Wildman–Crippen LogP) is 4.00. The van der Waals surface area contributed by atoms with Crippen molar-refractivity contribution < 1.29 is 27.3 Å². The first-order valence-electron chi connectivity index (χ1n) is 8.83. The molecule has 29 heavy (non-hydrogen) atoms. The van der Waals surface area contributed by atoms with Crippen molar-refractivity contribution in [2.75, 3.05) is 11.9 Å². The van der Waals surface area contributed by atoms with E-state index < -0.39 is 29.7 Å². The Hall–Kier alpha value is -3.30. The van der Waals surface area contributed by atoms with Crippen molar-refractivity contribution in [1.29, 1.82) is 0 Å². The van der Waals surface area contributed by atoms with Crippen LogP contribution in [0.2, 0.25) is 0 Å². The Bertz CT molecular complexity index is 981. The van der Waals surface area contributed by atoms with Crippen LogP contribution in [-0.4, -0.2) is 28.5 Å². The third kappa shape index (κ3) is 3.96. The minimum atomic E-state index is -4.65. The molecule has 2 heterocycles. The first-order valence-corrected chi connectivity index (χ1v) is 8.83. The number of benzene rings is 1. The van der Waals surface area contributed by atoms with Gasteiger partial charge < -0.3 is 15.2 Å². The number of allylic oxidation sites excluding steroid dienone is 1. The Morgan fingerprint density at radius 1 is 1.31 bits per heavy atom. The van der Waals surface area contributed by atoms with Gasteiger partial charge in [-0.3, -0.25) is 9.69 Å². The van der Waals surface area contributed by atoms with Gasteiger partial charge in [-0.1, -0.05) is 23.4 Å². The number of anilines is 1. The van der Waals surface area contributed by atoms with E-state index in [2.05, 4.69) is 15.8 Å². The lowest BCUT2D eigenvalue weighted by Crippen LogP contribution is -2.48. The van der Waals surface area contributed by atoms with Gasteiger partial charge in [-0.25, -0.2) is 4.79 Å². The number of hydrogen-bond donors (Lipinski definition) is 2. The van der Waals surface area contributed by atoms with Gasteiger partial charge in [-0.2, -0.15) is 13.2 Å². The van der Waals surface area contributed by atoms with Crippen molar-refractivity contribution in [2.45, 2.75) is 33.0 Å². The first kappa shape index (κ1) is 20.4. The highest BCUT2D eigenvalue weighted by Gasteiger charge is 2.41. The van der Waals surface area contributed by atoms with Gasteiger partial charge in [-0.05, 0) is 32.4 Å². The van der Waals surface area contributed by atoms with E-state index in [-0.39, 0.29) is 29.2 Å². The van der Waals surface area contributed by atoms with Crippen LogP contribution in [-0.2, 0) is 11.0 Å². The molecule has 3 rings (SSSR count). The van der Waals surface area contributed by atoms with Gasteiger partial charge in [0.15, 0.2) is 5.82 Å². The zero-order chi connectivity index (χ0) is 21.3. The Morgan fingerprint density at radius 2 is 2.00 bits per heavy atom. The number of carbonyl (C=O) groups is 2. The average Bonchev–Trinajstić information content (AvgIpc) is 3.05. The molecule has 0 saturated carbocycles. The maximum Gasteiger partial charge on any atom is 0.416 e. The summed E-state index contributed by atoms with van der Waals surface area (Å²) in [4.78, 5) is 26.7. The van der Waals surface area contributed by atoms with E-state index >= 15 is 0 Å². The molecule has 1 aliphatic rings. The summed E-state index contributed by atoms with van der Waals surface area (Å²) in [6.07, 6.45) is -4.65. The summed E-state index contributed by atoms with van der Waals surface area (Å²) >= 11 is 0. The van der Waals surface area contributed by atoms with Crippen molar-refractivity contribution in [2.24, 2.45) is 0 Å². The van der Waals surface area contributed by atoms with Gasteiger partial charge in [0.05, 0.1) is 17.2 Å². The van der Waals surface area contributed by atoms with Gasteiger partial charge >= 0.3 is 12.2 Å². The standard InChI is InChI=1S/C19H19F3N4O3/c1-4-26-11(3)15(17(27)23-14-9-10(2)29-25-14)16(24-18(26)28)12-7-5-6-8-13(12)19(20,21)22/h5-9,16H,4H2,1-3H3,(H,24,28)(H,23,25,27)/t16-/m1/s1. The van der Waals surface area contributed by atoms with E-state index in [4.69, 9.17) is 4.52 Å². The summed E-state index contributed by atoms with van der Waals surface area (Å²) in [6, 6.07) is 4.46. The fraction of sp³-hybridized carbons (Fsp3) is 0.316. The Morgan fingerprint density at radius 3 is 2.59 bits per heavy atom. The number of alkyl halides is 3. The van der Waals surface area contributed by atoms with Crippen LogP contribution in [0.1, 0.15) is 36.8 Å². The maximum absolute atomic E-state index is 13.6. The lowest BCUT2D eigenvalue weighted by molar-refractivity contribution is -0.138. The van der Waals surface area contributed by atoms with Crippen LogP contribution >= 0.6 is 0 Å². The quantitative estimate of drug-likeness (QED) is 0.801. The van der Waals surface area contributed by atoms with E-state index in [1.165, 1.54) is 36.1 Å². The molecular formula is C19H19F3N4O3. The number of hydrogen-bond acceptors (Lipinski definition) is 4. The number of urea groups is 1. The van der Waals surface area contributed by atoms with E-state index in [0.717, 1.165) is 6.07 Å². The van der Waals surface area contributed by atoms with Crippen LogP contribution in [0, 0.1) is 6.92 Å². The van der Waals surface area contributed by atoms with Crippen LogP contribution in [0.25, 0.3) is 0 Å². The molecule has 0 bridgehead atoms. The number of halogens is 3. The lowest BCUT2D eigenvalue weighted by Gasteiger charge is -2.35. The summed E-state index contributed by atoms with van der Waals surface area (Å²) in [5, 5.41) is 8.72. The molecule has 1 atom stereocenters. The first-order chi connectivity index (χ1) is 13.6. The van der Waals surface area contributed by atoms with E-state index in [1.54, 1.807) is 13.8 Å². The number of nitrogens with one attached hydrogen (secondary N) is 2. The molecule has 0 radical (unpaired) electrons. The fourth-order valence-corrected chi connectivity index (χ4v) is 3.31. The number of rotatable bonds is 4. The Labute approximate surface area is 164 Å². The smallest absolute Gasteiger partial charge is 0.360 e. The fourth-order valence-electron chi connectivity index (χ4n) is 3.31. The molecule has 0 fully saturated rings. The third-order valence-electron chi connectivity index (χ3n) is 4.60. The lowest BCUT2D eigenvalue weighted by atomic mass is 9.90. The number of aryl methyl sites for hydroxylation is 1. The molecular weight excluding hydrogens is 389 g/mol. The number of nitrogens with zero attached hydrogens (tertiary/aromatic N) is 2. The van der Waals surface area contributed by atoms with Crippen molar-refractivity contribution in [3.8, 4) is 0 Å². The SMILES string of the molecule is CCN1C(=O)N[C@H](c2ccccc2C(F)(F)F)C(C(=O)Nc2cc(C)on2)=C1C. The van der Waals surface area contributed by atoms with Crippen LogP contribution in [0.15, 0.2) is 46.1 Å². The van der Waals surface area contributed by atoms with Gasteiger partial charge in [-0.15, -0.1) is 0 Å². The molecule has 0 aliphatic carbocycles. The van der Waals surface area contributed by atoms with E-state index in [1.807, 2.05) is 0 Å². The number of amides is 3. The van der Waals surface area contributed by atoms with Gasteiger partial charge in [0.1, 0.15) is 5.76 Å². The molecule has 1 aliphatic heterocycles. The molecule has 7 nitrogen and oxygen atoms in total. The highest BCUT2D eigenvalue weighted by Crippen LogP contribution is 2.39. The topological polar surface area (TPSA) is 87.5 Å². The maximum atomic E-state index is 13.6. The minimum absolute atomic E-state index is 0.0104. The predicted molar refractivity (Wildman–Crippen MR) is 97.7 cm³/mol. The van der Waals surface area contributed by atoms with Gasteiger partial charge in [0.2, 0.25) is 0 Å². The number of carbonyl (C=O) groups excluding carboxylic acids is 2. The van der Waals surface area contributed by atoms with Crippen LogP contribution in [0.4, 0.5) is 23.8 Å². The molecule has 0 spiro atoms. The minimum Gasteiger partial charge on any atom is -0.360 e. The van der Waals surface area contributed by atoms with Crippen LogP contribution in [0.3, 0.4) is 0 Å². The highest BCUT2D eigenvalue weighted by molar-refractivity contribution is 6.06. The average molecular weight is 408 g/mol. The van der Waals surface area contributed by atoms with Crippen molar-refractivity contribution in [3.63, 3.8) is 0 Å². The zero-order valence-corrected chi connectivity index (χ0v) is 15.9. The molecule has 1 aromatic carbocycles. The highest BCUT2D eigenvalue weighted by atomic mass is 19.4. The Kier molecular flexibility index (Phi) is 5.36. The number of aromatic nitrogens is 1. The second-order valence-electron chi connectivity index (χ2n) is 6.49. The molecule has 1 aromatic heterocycles. The summed E-state index contributed by atoms with van der Waals surface area (Å²) < 4.78 is 45.6.